The number of nitriles is 1. The van der Waals surface area contributed by atoms with Gasteiger partial charge in [0.1, 0.15) is 0 Å². The Morgan fingerprint density at radius 1 is 1.33 bits per heavy atom. The van der Waals surface area contributed by atoms with Crippen molar-refractivity contribution in [3.05, 3.63) is 35.2 Å². The number of rotatable bonds is 4. The van der Waals surface area contributed by atoms with Crippen LogP contribution >= 0.6 is 11.3 Å². The van der Waals surface area contributed by atoms with Gasteiger partial charge in [0, 0.05) is 11.2 Å². The highest BCUT2D eigenvalue weighted by Gasteiger charge is 2.01. The molecule has 1 aromatic carbocycles. The van der Waals surface area contributed by atoms with Crippen LogP contribution in [-0.2, 0) is 6.42 Å². The van der Waals surface area contributed by atoms with Gasteiger partial charge in [0.25, 0.3) is 0 Å². The Balaban J connectivity index is 2.05. The highest BCUT2D eigenvalue weighted by Crippen LogP contribution is 2.25. The standard InChI is InChI=1S/C12H12N2S/c13-6-8-14-7-5-10-9-15-12-4-2-1-3-11(10)12/h1-4,9,14H,5,7-8H2. The van der Waals surface area contributed by atoms with Crippen LogP contribution in [0, 0.1) is 11.3 Å². The normalized spacial score (nSPS) is 10.3. The summed E-state index contributed by atoms with van der Waals surface area (Å²) in [5.41, 5.74) is 1.38. The average Bonchev–Trinajstić information content (AvgIpc) is 2.68. The van der Waals surface area contributed by atoms with E-state index in [2.05, 4.69) is 41.0 Å². The van der Waals surface area contributed by atoms with Gasteiger partial charge in [-0.1, -0.05) is 18.2 Å². The smallest absolute Gasteiger partial charge is 0.0841 e. The third-order valence-electron chi connectivity index (χ3n) is 2.34. The molecule has 1 heterocycles. The van der Waals surface area contributed by atoms with Crippen molar-refractivity contribution in [3.63, 3.8) is 0 Å². The summed E-state index contributed by atoms with van der Waals surface area (Å²) in [4.78, 5) is 0. The van der Waals surface area contributed by atoms with Crippen LogP contribution in [-0.4, -0.2) is 13.1 Å². The molecule has 0 aliphatic carbocycles. The van der Waals surface area contributed by atoms with Crippen molar-refractivity contribution in [3.8, 4) is 6.07 Å². The zero-order valence-corrected chi connectivity index (χ0v) is 9.18. The SMILES string of the molecule is N#CCNCCc1csc2ccccc12. The largest absolute Gasteiger partial charge is 0.304 e. The molecular weight excluding hydrogens is 204 g/mol. The molecule has 0 saturated carbocycles. The van der Waals surface area contributed by atoms with Gasteiger partial charge in [-0.2, -0.15) is 5.26 Å². The third-order valence-corrected chi connectivity index (χ3v) is 3.35. The highest BCUT2D eigenvalue weighted by atomic mass is 32.1. The number of hydrogen-bond acceptors (Lipinski definition) is 3. The van der Waals surface area contributed by atoms with Gasteiger partial charge in [0.15, 0.2) is 0 Å². The fraction of sp³-hybridized carbons (Fsp3) is 0.250. The van der Waals surface area contributed by atoms with Crippen LogP contribution in [0.25, 0.3) is 10.1 Å². The van der Waals surface area contributed by atoms with Crippen LogP contribution in [0.5, 0.6) is 0 Å². The van der Waals surface area contributed by atoms with E-state index in [1.807, 2.05) is 0 Å². The van der Waals surface area contributed by atoms with Crippen LogP contribution in [0.1, 0.15) is 5.56 Å². The average molecular weight is 216 g/mol. The second-order valence-electron chi connectivity index (χ2n) is 3.34. The van der Waals surface area contributed by atoms with E-state index in [0.717, 1.165) is 13.0 Å². The maximum atomic E-state index is 8.38. The first-order valence-electron chi connectivity index (χ1n) is 4.94. The first kappa shape index (κ1) is 10.2. The van der Waals surface area contributed by atoms with Crippen molar-refractivity contribution in [1.82, 2.24) is 5.32 Å². The molecule has 0 bridgehead atoms. The number of hydrogen-bond donors (Lipinski definition) is 1. The Bertz CT molecular complexity index is 482. The quantitative estimate of drug-likeness (QED) is 0.630. The van der Waals surface area contributed by atoms with Gasteiger partial charge >= 0.3 is 0 Å². The summed E-state index contributed by atoms with van der Waals surface area (Å²) >= 11 is 1.78. The Kier molecular flexibility index (Phi) is 3.33. The molecule has 1 N–H and O–H groups in total. The summed E-state index contributed by atoms with van der Waals surface area (Å²) in [5, 5.41) is 15.0. The van der Waals surface area contributed by atoms with Gasteiger partial charge in [0.2, 0.25) is 0 Å². The Morgan fingerprint density at radius 2 is 2.20 bits per heavy atom. The van der Waals surface area contributed by atoms with E-state index in [1.165, 1.54) is 15.6 Å². The fourth-order valence-corrected chi connectivity index (χ4v) is 2.59. The summed E-state index contributed by atoms with van der Waals surface area (Å²) < 4.78 is 1.34. The molecule has 0 aliphatic rings. The van der Waals surface area contributed by atoms with Gasteiger partial charge in [-0.05, 0) is 28.8 Å². The molecule has 0 spiro atoms. The van der Waals surface area contributed by atoms with E-state index in [0.29, 0.717) is 6.54 Å². The molecule has 0 atom stereocenters. The van der Waals surface area contributed by atoms with E-state index in [-0.39, 0.29) is 0 Å². The van der Waals surface area contributed by atoms with Gasteiger partial charge in [-0.15, -0.1) is 11.3 Å². The number of benzene rings is 1. The predicted molar refractivity (Wildman–Crippen MR) is 64.0 cm³/mol. The molecule has 0 fully saturated rings. The summed E-state index contributed by atoms with van der Waals surface area (Å²) in [6.07, 6.45) is 0.992. The molecule has 2 rings (SSSR count). The lowest BCUT2D eigenvalue weighted by Crippen LogP contribution is -2.16. The van der Waals surface area contributed by atoms with E-state index in [1.54, 1.807) is 11.3 Å². The van der Waals surface area contributed by atoms with Gasteiger partial charge in [-0.3, -0.25) is 0 Å². The zero-order chi connectivity index (χ0) is 10.5. The molecule has 0 unspecified atom stereocenters. The van der Waals surface area contributed by atoms with E-state index >= 15 is 0 Å². The summed E-state index contributed by atoms with van der Waals surface area (Å²) in [6.45, 7) is 1.30. The van der Waals surface area contributed by atoms with Crippen LogP contribution < -0.4 is 5.32 Å². The number of thiophene rings is 1. The van der Waals surface area contributed by atoms with Crippen LogP contribution in [0.3, 0.4) is 0 Å². The van der Waals surface area contributed by atoms with Crippen molar-refractivity contribution < 1.29 is 0 Å². The molecule has 76 valence electrons. The Labute approximate surface area is 93.2 Å². The maximum absolute atomic E-state index is 8.38. The van der Waals surface area contributed by atoms with Gasteiger partial charge in [0.05, 0.1) is 12.6 Å². The molecule has 0 amide bonds. The van der Waals surface area contributed by atoms with Crippen LogP contribution in [0.4, 0.5) is 0 Å². The second kappa shape index (κ2) is 4.92. The third kappa shape index (κ3) is 2.35. The maximum Gasteiger partial charge on any atom is 0.0841 e. The number of nitrogens with one attached hydrogen (secondary N) is 1. The summed E-state index contributed by atoms with van der Waals surface area (Å²) in [7, 11) is 0. The molecule has 0 saturated heterocycles. The Hall–Kier alpha value is -1.37. The lowest BCUT2D eigenvalue weighted by atomic mass is 10.1. The lowest BCUT2D eigenvalue weighted by Gasteiger charge is -1.99. The minimum atomic E-state index is 0.433. The fourth-order valence-electron chi connectivity index (χ4n) is 1.59. The van der Waals surface area contributed by atoms with E-state index in [9.17, 15) is 0 Å². The molecule has 2 nitrogen and oxygen atoms in total. The minimum Gasteiger partial charge on any atom is -0.304 e. The monoisotopic (exact) mass is 216 g/mol. The first-order chi connectivity index (χ1) is 7.42. The van der Waals surface area contributed by atoms with Crippen LogP contribution in [0.2, 0.25) is 0 Å². The van der Waals surface area contributed by atoms with Gasteiger partial charge < -0.3 is 5.32 Å². The van der Waals surface area contributed by atoms with Crippen molar-refractivity contribution in [2.24, 2.45) is 0 Å². The Morgan fingerprint density at radius 3 is 3.07 bits per heavy atom. The molecular formula is C12H12N2S. The van der Waals surface area contributed by atoms with E-state index in [4.69, 9.17) is 5.26 Å². The summed E-state index contributed by atoms with van der Waals surface area (Å²) in [6, 6.07) is 10.5. The molecule has 0 radical (unpaired) electrons. The first-order valence-corrected chi connectivity index (χ1v) is 5.82. The topological polar surface area (TPSA) is 35.8 Å². The second-order valence-corrected chi connectivity index (χ2v) is 4.25. The zero-order valence-electron chi connectivity index (χ0n) is 8.36. The molecule has 3 heteroatoms. The summed E-state index contributed by atoms with van der Waals surface area (Å²) in [5.74, 6) is 0. The molecule has 0 aliphatic heterocycles. The van der Waals surface area contributed by atoms with Crippen molar-refractivity contribution in [2.45, 2.75) is 6.42 Å². The van der Waals surface area contributed by atoms with Crippen molar-refractivity contribution in [2.75, 3.05) is 13.1 Å². The number of nitrogens with zero attached hydrogens (tertiary/aromatic N) is 1. The molecule has 15 heavy (non-hydrogen) atoms. The number of fused-ring (bicyclic) bond motifs is 1. The van der Waals surface area contributed by atoms with Crippen molar-refractivity contribution >= 4 is 21.4 Å². The lowest BCUT2D eigenvalue weighted by molar-refractivity contribution is 0.753. The van der Waals surface area contributed by atoms with E-state index < -0.39 is 0 Å². The van der Waals surface area contributed by atoms with Crippen molar-refractivity contribution in [1.29, 1.82) is 5.26 Å². The van der Waals surface area contributed by atoms with Crippen LogP contribution in [0.15, 0.2) is 29.6 Å². The van der Waals surface area contributed by atoms with Gasteiger partial charge in [-0.25, -0.2) is 0 Å². The predicted octanol–water partition coefficient (Wildman–Crippen LogP) is 2.56. The highest BCUT2D eigenvalue weighted by molar-refractivity contribution is 7.17. The minimum absolute atomic E-state index is 0.433. The molecule has 1 aromatic heterocycles. The molecule has 2 aromatic rings.